The Kier molecular flexibility index (Phi) is 4.79. The zero-order valence-corrected chi connectivity index (χ0v) is 15.0. The van der Waals surface area contributed by atoms with Gasteiger partial charge in [-0.05, 0) is 67.1 Å². The molecule has 5 nitrogen and oxygen atoms in total. The Balaban J connectivity index is 1.36. The lowest BCUT2D eigenvalue weighted by atomic mass is 9.97. The number of amides is 3. The summed E-state index contributed by atoms with van der Waals surface area (Å²) < 4.78 is 13.4. The highest BCUT2D eigenvalue weighted by atomic mass is 19.1. The molecule has 0 bridgehead atoms. The maximum atomic E-state index is 13.4. The number of anilines is 1. The summed E-state index contributed by atoms with van der Waals surface area (Å²) in [5.74, 6) is -0.0499. The lowest BCUT2D eigenvalue weighted by molar-refractivity contribution is 0.0937. The second-order valence-corrected chi connectivity index (χ2v) is 7.17. The zero-order chi connectivity index (χ0) is 18.8. The van der Waals surface area contributed by atoms with Crippen molar-refractivity contribution in [1.29, 1.82) is 0 Å². The monoisotopic (exact) mass is 367 g/mol. The van der Waals surface area contributed by atoms with Crippen molar-refractivity contribution >= 4 is 17.6 Å². The molecule has 140 valence electrons. The van der Waals surface area contributed by atoms with Crippen molar-refractivity contribution in [1.82, 2.24) is 10.6 Å². The number of nitrogens with zero attached hydrogens (tertiary/aromatic N) is 1. The van der Waals surface area contributed by atoms with Gasteiger partial charge < -0.3 is 10.6 Å². The van der Waals surface area contributed by atoms with Crippen molar-refractivity contribution in [2.24, 2.45) is 0 Å². The normalized spacial score (nSPS) is 22.0. The van der Waals surface area contributed by atoms with E-state index in [-0.39, 0.29) is 29.7 Å². The van der Waals surface area contributed by atoms with E-state index in [1.54, 1.807) is 41.3 Å². The highest BCUT2D eigenvalue weighted by molar-refractivity contribution is 5.97. The molecule has 4 rings (SSSR count). The Morgan fingerprint density at radius 3 is 2.67 bits per heavy atom. The molecule has 2 fully saturated rings. The first-order chi connectivity index (χ1) is 13.1. The summed E-state index contributed by atoms with van der Waals surface area (Å²) in [7, 11) is 0. The van der Waals surface area contributed by atoms with E-state index in [2.05, 4.69) is 10.6 Å². The summed E-state index contributed by atoms with van der Waals surface area (Å²) in [5, 5.41) is 5.84. The van der Waals surface area contributed by atoms with Gasteiger partial charge in [-0.2, -0.15) is 0 Å². The molecule has 1 heterocycles. The van der Waals surface area contributed by atoms with Crippen molar-refractivity contribution < 1.29 is 14.0 Å². The van der Waals surface area contributed by atoms with Crippen LogP contribution in [0.1, 0.15) is 41.1 Å². The standard InChI is InChI=1S/C21H22FN3O2/c22-17-3-1-2-15(12-17)16-4-7-18(13-16)24-20(26)14-5-8-19(9-6-14)25-11-10-23-21(25)27/h1-3,5-6,8-9,12,16,18H,4,7,10-11,13H2,(H,23,27)(H,24,26)/t16-,18+/m1/s1. The first-order valence-electron chi connectivity index (χ1n) is 9.32. The van der Waals surface area contributed by atoms with Gasteiger partial charge in [0.2, 0.25) is 0 Å². The fourth-order valence-corrected chi connectivity index (χ4v) is 3.96. The van der Waals surface area contributed by atoms with Gasteiger partial charge in [0.1, 0.15) is 5.82 Å². The molecule has 1 aliphatic heterocycles. The molecular formula is C21H22FN3O2. The number of carbonyl (C=O) groups is 2. The number of hydrogen-bond acceptors (Lipinski definition) is 2. The van der Waals surface area contributed by atoms with E-state index in [0.717, 1.165) is 30.5 Å². The predicted molar refractivity (Wildman–Crippen MR) is 101 cm³/mol. The summed E-state index contributed by atoms with van der Waals surface area (Å²) >= 11 is 0. The Morgan fingerprint density at radius 2 is 1.96 bits per heavy atom. The van der Waals surface area contributed by atoms with Gasteiger partial charge in [0.15, 0.2) is 0 Å². The van der Waals surface area contributed by atoms with Gasteiger partial charge in [0.05, 0.1) is 0 Å². The van der Waals surface area contributed by atoms with Gasteiger partial charge in [-0.3, -0.25) is 9.69 Å². The van der Waals surface area contributed by atoms with Crippen LogP contribution in [0.3, 0.4) is 0 Å². The van der Waals surface area contributed by atoms with Crippen LogP contribution >= 0.6 is 0 Å². The number of urea groups is 1. The summed E-state index contributed by atoms with van der Waals surface area (Å²) in [4.78, 5) is 25.9. The second-order valence-electron chi connectivity index (χ2n) is 7.17. The predicted octanol–water partition coefficient (Wildman–Crippen LogP) is 3.42. The molecule has 0 radical (unpaired) electrons. The molecule has 2 atom stereocenters. The zero-order valence-electron chi connectivity index (χ0n) is 15.0. The molecule has 0 unspecified atom stereocenters. The lowest BCUT2D eigenvalue weighted by Crippen LogP contribution is -2.33. The van der Waals surface area contributed by atoms with Crippen molar-refractivity contribution in [3.63, 3.8) is 0 Å². The minimum atomic E-state index is -0.216. The van der Waals surface area contributed by atoms with Crippen LogP contribution in [0.5, 0.6) is 0 Å². The third-order valence-corrected chi connectivity index (χ3v) is 5.39. The summed E-state index contributed by atoms with van der Waals surface area (Å²) in [6.45, 7) is 1.27. The number of rotatable bonds is 4. The minimum Gasteiger partial charge on any atom is -0.349 e. The molecule has 2 aliphatic rings. The largest absolute Gasteiger partial charge is 0.349 e. The van der Waals surface area contributed by atoms with E-state index >= 15 is 0 Å². The van der Waals surface area contributed by atoms with Crippen LogP contribution in [0.25, 0.3) is 0 Å². The first-order valence-corrected chi connectivity index (χ1v) is 9.32. The van der Waals surface area contributed by atoms with E-state index in [1.807, 2.05) is 6.07 Å². The topological polar surface area (TPSA) is 61.4 Å². The maximum absolute atomic E-state index is 13.4. The van der Waals surface area contributed by atoms with Crippen LogP contribution < -0.4 is 15.5 Å². The van der Waals surface area contributed by atoms with E-state index in [1.165, 1.54) is 6.07 Å². The Morgan fingerprint density at radius 1 is 1.15 bits per heavy atom. The third kappa shape index (κ3) is 3.79. The van der Waals surface area contributed by atoms with Gasteiger partial charge in [-0.25, -0.2) is 9.18 Å². The van der Waals surface area contributed by atoms with E-state index in [0.29, 0.717) is 18.7 Å². The molecule has 0 spiro atoms. The molecule has 1 aliphatic carbocycles. The van der Waals surface area contributed by atoms with Crippen molar-refractivity contribution in [2.45, 2.75) is 31.2 Å². The number of halogens is 1. The SMILES string of the molecule is O=C(N[C@H]1CC[C@@H](c2cccc(F)c2)C1)c1ccc(N2CCNC2=O)cc1. The molecule has 1 saturated carbocycles. The minimum absolute atomic E-state index is 0.0924. The van der Waals surface area contributed by atoms with Gasteiger partial charge in [0, 0.05) is 30.4 Å². The Bertz CT molecular complexity index is 853. The highest BCUT2D eigenvalue weighted by Crippen LogP contribution is 2.34. The van der Waals surface area contributed by atoms with Gasteiger partial charge in [-0.1, -0.05) is 12.1 Å². The second kappa shape index (κ2) is 7.39. The molecule has 2 N–H and O–H groups in total. The molecular weight excluding hydrogens is 345 g/mol. The molecule has 0 aromatic heterocycles. The Labute approximate surface area is 157 Å². The summed E-state index contributed by atoms with van der Waals surface area (Å²) in [5.41, 5.74) is 2.36. The number of benzene rings is 2. The number of nitrogens with one attached hydrogen (secondary N) is 2. The van der Waals surface area contributed by atoms with Gasteiger partial charge in [0.25, 0.3) is 5.91 Å². The molecule has 6 heteroatoms. The van der Waals surface area contributed by atoms with Crippen LogP contribution in [-0.2, 0) is 0 Å². The highest BCUT2D eigenvalue weighted by Gasteiger charge is 2.27. The fourth-order valence-electron chi connectivity index (χ4n) is 3.96. The smallest absolute Gasteiger partial charge is 0.321 e. The number of hydrogen-bond donors (Lipinski definition) is 2. The summed E-state index contributed by atoms with van der Waals surface area (Å²) in [6.07, 6.45) is 2.65. The molecule has 3 amide bonds. The molecule has 27 heavy (non-hydrogen) atoms. The number of carbonyl (C=O) groups excluding carboxylic acids is 2. The van der Waals surface area contributed by atoms with Crippen LogP contribution in [-0.4, -0.2) is 31.1 Å². The first kappa shape index (κ1) is 17.5. The van der Waals surface area contributed by atoms with Crippen molar-refractivity contribution in [3.05, 3.63) is 65.5 Å². The van der Waals surface area contributed by atoms with Crippen molar-refractivity contribution in [3.8, 4) is 0 Å². The molecule has 2 aromatic rings. The summed E-state index contributed by atoms with van der Waals surface area (Å²) in [6, 6.07) is 13.8. The average molecular weight is 367 g/mol. The fraction of sp³-hybridized carbons (Fsp3) is 0.333. The third-order valence-electron chi connectivity index (χ3n) is 5.39. The van der Waals surface area contributed by atoms with E-state index in [9.17, 15) is 14.0 Å². The lowest BCUT2D eigenvalue weighted by Gasteiger charge is -2.16. The van der Waals surface area contributed by atoms with Crippen LogP contribution in [0.15, 0.2) is 48.5 Å². The molecule has 2 aromatic carbocycles. The van der Waals surface area contributed by atoms with Crippen LogP contribution in [0.2, 0.25) is 0 Å². The van der Waals surface area contributed by atoms with Crippen molar-refractivity contribution in [2.75, 3.05) is 18.0 Å². The van der Waals surface area contributed by atoms with Gasteiger partial charge >= 0.3 is 6.03 Å². The van der Waals surface area contributed by atoms with E-state index < -0.39 is 0 Å². The van der Waals surface area contributed by atoms with Gasteiger partial charge in [-0.15, -0.1) is 0 Å². The molecule has 1 saturated heterocycles. The maximum Gasteiger partial charge on any atom is 0.321 e. The van der Waals surface area contributed by atoms with Crippen LogP contribution in [0.4, 0.5) is 14.9 Å². The average Bonchev–Trinajstić information content (AvgIpc) is 3.31. The van der Waals surface area contributed by atoms with Crippen LogP contribution in [0, 0.1) is 5.82 Å². The quantitative estimate of drug-likeness (QED) is 0.870. The van der Waals surface area contributed by atoms with E-state index in [4.69, 9.17) is 0 Å². The Hall–Kier alpha value is -2.89.